The quantitative estimate of drug-likeness (QED) is 0.479. The predicted octanol–water partition coefficient (Wildman–Crippen LogP) is 2.18. The Morgan fingerprint density at radius 2 is 1.87 bits per heavy atom. The molecule has 0 rings (SSSR count). The van der Waals surface area contributed by atoms with Crippen molar-refractivity contribution >= 4 is 5.84 Å². The number of hydrogen-bond acceptors (Lipinski definition) is 2. The lowest BCUT2D eigenvalue weighted by Gasteiger charge is -2.20. The molecule has 0 amide bonds. The molecule has 0 heterocycles. The van der Waals surface area contributed by atoms with E-state index in [2.05, 4.69) is 43.3 Å². The number of unbranched alkanes of at least 4 members (excludes halogenated alkanes) is 1. The molecule has 3 nitrogen and oxygen atoms in total. The van der Waals surface area contributed by atoms with Crippen molar-refractivity contribution in [3.05, 3.63) is 0 Å². The van der Waals surface area contributed by atoms with Crippen LogP contribution in [0.1, 0.15) is 47.0 Å². The van der Waals surface area contributed by atoms with Crippen LogP contribution in [0.2, 0.25) is 0 Å². The smallest absolute Gasteiger partial charge is 0.113 e. The molecule has 0 saturated heterocycles. The Hall–Kier alpha value is -0.570. The van der Waals surface area contributed by atoms with Gasteiger partial charge in [0.05, 0.1) is 6.04 Å². The van der Waals surface area contributed by atoms with Crippen molar-refractivity contribution in [2.75, 3.05) is 19.6 Å². The maximum atomic E-state index is 4.53. The van der Waals surface area contributed by atoms with E-state index in [1.807, 2.05) is 0 Å². The minimum absolute atomic E-state index is 0.412. The average Bonchev–Trinajstić information content (AvgIpc) is 2.24. The molecule has 0 aromatic carbocycles. The summed E-state index contributed by atoms with van der Waals surface area (Å²) in [5.74, 6) is 1.13. The molecule has 0 aliphatic heterocycles. The van der Waals surface area contributed by atoms with Gasteiger partial charge in [0.2, 0.25) is 0 Å². The van der Waals surface area contributed by atoms with Gasteiger partial charge < -0.3 is 10.6 Å². The SMILES string of the molecule is CCCCC(NCC)C(=NCC)NCC. The molecule has 0 aliphatic rings. The number of hydrogen-bond donors (Lipinski definition) is 2. The van der Waals surface area contributed by atoms with Gasteiger partial charge in [0.1, 0.15) is 5.84 Å². The molecule has 0 aliphatic carbocycles. The molecule has 0 saturated carbocycles. The van der Waals surface area contributed by atoms with Crippen LogP contribution in [0.15, 0.2) is 4.99 Å². The van der Waals surface area contributed by atoms with Crippen LogP contribution in [-0.2, 0) is 0 Å². The minimum Gasteiger partial charge on any atom is -0.373 e. The van der Waals surface area contributed by atoms with Crippen LogP contribution >= 0.6 is 0 Å². The third-order valence-corrected chi connectivity index (χ3v) is 2.31. The molecular formula is C12H27N3. The zero-order valence-corrected chi connectivity index (χ0v) is 10.8. The highest BCUT2D eigenvalue weighted by Gasteiger charge is 2.12. The molecule has 0 aromatic heterocycles. The third kappa shape index (κ3) is 6.50. The maximum absolute atomic E-state index is 4.53. The Labute approximate surface area is 94.7 Å². The number of aliphatic imine (C=N–C) groups is 1. The Balaban J connectivity index is 4.30. The van der Waals surface area contributed by atoms with Crippen molar-refractivity contribution in [1.82, 2.24) is 10.6 Å². The van der Waals surface area contributed by atoms with Crippen LogP contribution < -0.4 is 10.6 Å². The molecule has 3 heteroatoms. The fraction of sp³-hybridized carbons (Fsp3) is 0.917. The summed E-state index contributed by atoms with van der Waals surface area (Å²) in [5.41, 5.74) is 0. The standard InChI is InChI=1S/C12H27N3/c1-5-9-10-11(13-6-2)12(14-7-3)15-8-4/h11,13H,5-10H2,1-4H3,(H,14,15). The van der Waals surface area contributed by atoms with E-state index in [-0.39, 0.29) is 0 Å². The van der Waals surface area contributed by atoms with Gasteiger partial charge in [0.15, 0.2) is 0 Å². The van der Waals surface area contributed by atoms with Gasteiger partial charge in [-0.1, -0.05) is 26.7 Å². The molecule has 0 radical (unpaired) electrons. The second-order valence-electron chi connectivity index (χ2n) is 3.64. The maximum Gasteiger partial charge on any atom is 0.113 e. The fourth-order valence-corrected chi connectivity index (χ4v) is 1.63. The molecular weight excluding hydrogens is 186 g/mol. The van der Waals surface area contributed by atoms with Gasteiger partial charge in [-0.05, 0) is 26.8 Å². The Morgan fingerprint density at radius 1 is 1.13 bits per heavy atom. The summed E-state index contributed by atoms with van der Waals surface area (Å²) in [6.45, 7) is 11.4. The highest BCUT2D eigenvalue weighted by atomic mass is 15.1. The van der Waals surface area contributed by atoms with Gasteiger partial charge in [-0.25, -0.2) is 0 Å². The summed E-state index contributed by atoms with van der Waals surface area (Å²) in [6.07, 6.45) is 3.68. The minimum atomic E-state index is 0.412. The van der Waals surface area contributed by atoms with Crippen molar-refractivity contribution in [2.45, 2.75) is 53.0 Å². The molecule has 1 unspecified atom stereocenters. The van der Waals surface area contributed by atoms with Gasteiger partial charge in [0.25, 0.3) is 0 Å². The molecule has 0 aromatic rings. The van der Waals surface area contributed by atoms with Gasteiger partial charge in [0, 0.05) is 13.1 Å². The van der Waals surface area contributed by atoms with Crippen LogP contribution in [0.25, 0.3) is 0 Å². The summed E-state index contributed by atoms with van der Waals surface area (Å²) in [6, 6.07) is 0.412. The van der Waals surface area contributed by atoms with Gasteiger partial charge in [-0.3, -0.25) is 4.99 Å². The fourth-order valence-electron chi connectivity index (χ4n) is 1.63. The highest BCUT2D eigenvalue weighted by Crippen LogP contribution is 2.02. The van der Waals surface area contributed by atoms with E-state index < -0.39 is 0 Å². The first kappa shape index (κ1) is 14.4. The highest BCUT2D eigenvalue weighted by molar-refractivity contribution is 5.87. The summed E-state index contributed by atoms with van der Waals surface area (Å²) >= 11 is 0. The van der Waals surface area contributed by atoms with Crippen molar-refractivity contribution in [1.29, 1.82) is 0 Å². The van der Waals surface area contributed by atoms with E-state index in [0.29, 0.717) is 6.04 Å². The number of amidine groups is 1. The van der Waals surface area contributed by atoms with Crippen LogP contribution in [0.3, 0.4) is 0 Å². The molecule has 0 spiro atoms. The number of nitrogens with zero attached hydrogens (tertiary/aromatic N) is 1. The van der Waals surface area contributed by atoms with E-state index in [9.17, 15) is 0 Å². The van der Waals surface area contributed by atoms with Gasteiger partial charge >= 0.3 is 0 Å². The monoisotopic (exact) mass is 213 g/mol. The lowest BCUT2D eigenvalue weighted by atomic mass is 10.1. The van der Waals surface area contributed by atoms with Crippen LogP contribution in [0.4, 0.5) is 0 Å². The number of likely N-dealkylation sites (N-methyl/N-ethyl adjacent to an activating group) is 2. The molecule has 90 valence electrons. The Morgan fingerprint density at radius 3 is 2.33 bits per heavy atom. The average molecular weight is 213 g/mol. The first-order valence-corrected chi connectivity index (χ1v) is 6.31. The first-order chi connectivity index (χ1) is 7.29. The normalized spacial score (nSPS) is 14.0. The van der Waals surface area contributed by atoms with Crippen molar-refractivity contribution < 1.29 is 0 Å². The number of rotatable bonds is 8. The van der Waals surface area contributed by atoms with E-state index in [0.717, 1.165) is 25.5 Å². The van der Waals surface area contributed by atoms with Crippen molar-refractivity contribution in [2.24, 2.45) is 4.99 Å². The largest absolute Gasteiger partial charge is 0.373 e. The summed E-state index contributed by atoms with van der Waals surface area (Å²) < 4.78 is 0. The van der Waals surface area contributed by atoms with E-state index in [1.54, 1.807) is 0 Å². The summed E-state index contributed by atoms with van der Waals surface area (Å²) in [7, 11) is 0. The zero-order valence-electron chi connectivity index (χ0n) is 10.8. The second-order valence-corrected chi connectivity index (χ2v) is 3.64. The lowest BCUT2D eigenvalue weighted by Crippen LogP contribution is -2.44. The van der Waals surface area contributed by atoms with Crippen LogP contribution in [0.5, 0.6) is 0 Å². The topological polar surface area (TPSA) is 36.4 Å². The van der Waals surface area contributed by atoms with Crippen LogP contribution in [-0.4, -0.2) is 31.5 Å². The Kier molecular flexibility index (Phi) is 9.59. The van der Waals surface area contributed by atoms with E-state index >= 15 is 0 Å². The molecule has 0 fully saturated rings. The summed E-state index contributed by atoms with van der Waals surface area (Å²) in [5, 5.41) is 6.86. The Bertz CT molecular complexity index is 166. The number of nitrogens with one attached hydrogen (secondary N) is 2. The van der Waals surface area contributed by atoms with Crippen molar-refractivity contribution in [3.8, 4) is 0 Å². The van der Waals surface area contributed by atoms with Crippen molar-refractivity contribution in [3.63, 3.8) is 0 Å². The van der Waals surface area contributed by atoms with E-state index in [1.165, 1.54) is 19.3 Å². The molecule has 1 atom stereocenters. The zero-order chi connectivity index (χ0) is 11.5. The second kappa shape index (κ2) is 9.97. The molecule has 2 N–H and O–H groups in total. The van der Waals surface area contributed by atoms with Gasteiger partial charge in [-0.15, -0.1) is 0 Å². The summed E-state index contributed by atoms with van der Waals surface area (Å²) in [4.78, 5) is 4.53. The van der Waals surface area contributed by atoms with Gasteiger partial charge in [-0.2, -0.15) is 0 Å². The third-order valence-electron chi connectivity index (χ3n) is 2.31. The predicted molar refractivity (Wildman–Crippen MR) is 68.6 cm³/mol. The van der Waals surface area contributed by atoms with Crippen LogP contribution in [0, 0.1) is 0 Å². The first-order valence-electron chi connectivity index (χ1n) is 6.31. The van der Waals surface area contributed by atoms with E-state index in [4.69, 9.17) is 0 Å². The molecule has 15 heavy (non-hydrogen) atoms. The molecule has 0 bridgehead atoms. The lowest BCUT2D eigenvalue weighted by molar-refractivity contribution is 0.557.